The lowest BCUT2D eigenvalue weighted by atomic mass is 9.89. The predicted molar refractivity (Wildman–Crippen MR) is 122 cm³/mol. The summed E-state index contributed by atoms with van der Waals surface area (Å²) in [5, 5.41) is 21.4. The molecule has 0 saturated carbocycles. The largest absolute Gasteiger partial charge is 0.493 e. The van der Waals surface area contributed by atoms with E-state index in [1.807, 2.05) is 0 Å². The smallest absolute Gasteiger partial charge is 0.277 e. The van der Waals surface area contributed by atoms with Crippen LogP contribution in [0, 0.1) is 17.2 Å². The second kappa shape index (κ2) is 9.63. The molecule has 3 aromatic rings. The number of nitrogens with one attached hydrogen (secondary N) is 1. The Balaban J connectivity index is 1.40. The highest BCUT2D eigenvalue weighted by atomic mass is 32.2. The number of nitrogens with zero attached hydrogens (tertiary/aromatic N) is 3. The van der Waals surface area contributed by atoms with Gasteiger partial charge in [-0.1, -0.05) is 18.7 Å². The van der Waals surface area contributed by atoms with Crippen LogP contribution in [0.5, 0.6) is 11.5 Å². The molecule has 4 rings (SSSR count). The normalized spacial score (nSPS) is 15.0. The number of benzene rings is 1. The van der Waals surface area contributed by atoms with Crippen LogP contribution in [0.1, 0.15) is 29.3 Å². The van der Waals surface area contributed by atoms with Gasteiger partial charge in [0.2, 0.25) is 11.8 Å². The minimum absolute atomic E-state index is 0.0946. The van der Waals surface area contributed by atoms with E-state index in [2.05, 4.69) is 28.5 Å². The quantitative estimate of drug-likeness (QED) is 0.501. The van der Waals surface area contributed by atoms with E-state index >= 15 is 0 Å². The van der Waals surface area contributed by atoms with Crippen molar-refractivity contribution in [3.8, 4) is 29.0 Å². The summed E-state index contributed by atoms with van der Waals surface area (Å²) in [5.41, 5.74) is 2.38. The van der Waals surface area contributed by atoms with E-state index in [4.69, 9.17) is 13.9 Å². The molecular weight excluding hydrogens is 448 g/mol. The number of amides is 1. The Morgan fingerprint density at radius 3 is 2.91 bits per heavy atom. The fourth-order valence-electron chi connectivity index (χ4n) is 3.60. The highest BCUT2D eigenvalue weighted by Crippen LogP contribution is 2.39. The molecule has 1 amide bonds. The van der Waals surface area contributed by atoms with Gasteiger partial charge in [0, 0.05) is 10.4 Å². The number of ether oxygens (including phenoxy) is 2. The van der Waals surface area contributed by atoms with Gasteiger partial charge in [-0.05, 0) is 48.9 Å². The minimum Gasteiger partial charge on any atom is -0.493 e. The predicted octanol–water partition coefficient (Wildman–Crippen LogP) is 4.54. The Morgan fingerprint density at radius 2 is 2.16 bits per heavy atom. The Kier molecular flexibility index (Phi) is 6.67. The molecular formula is C22H22N4O4S2. The number of thioether (sulfide) groups is 1. The maximum absolute atomic E-state index is 12.5. The molecule has 1 aromatic carbocycles. The van der Waals surface area contributed by atoms with Crippen LogP contribution in [0.15, 0.2) is 27.8 Å². The van der Waals surface area contributed by atoms with E-state index in [1.165, 1.54) is 16.2 Å². The number of thiophene rings is 1. The van der Waals surface area contributed by atoms with E-state index in [9.17, 15) is 10.1 Å². The number of methoxy groups -OCH3 is 2. The van der Waals surface area contributed by atoms with Gasteiger partial charge in [-0.15, -0.1) is 21.5 Å². The highest BCUT2D eigenvalue weighted by molar-refractivity contribution is 7.99. The van der Waals surface area contributed by atoms with Crippen LogP contribution in [0.4, 0.5) is 5.00 Å². The van der Waals surface area contributed by atoms with Crippen molar-refractivity contribution in [2.75, 3.05) is 25.3 Å². The summed E-state index contributed by atoms with van der Waals surface area (Å²) in [4.78, 5) is 13.7. The zero-order valence-electron chi connectivity index (χ0n) is 17.9. The lowest BCUT2D eigenvalue weighted by molar-refractivity contribution is -0.113. The molecule has 1 unspecified atom stereocenters. The number of rotatable bonds is 7. The van der Waals surface area contributed by atoms with Crippen LogP contribution in [0.3, 0.4) is 0 Å². The molecule has 0 aliphatic heterocycles. The first-order valence-corrected chi connectivity index (χ1v) is 11.9. The molecule has 0 spiro atoms. The molecule has 32 heavy (non-hydrogen) atoms. The van der Waals surface area contributed by atoms with Crippen molar-refractivity contribution in [2.24, 2.45) is 5.92 Å². The van der Waals surface area contributed by atoms with E-state index < -0.39 is 0 Å². The Bertz CT molecular complexity index is 1180. The van der Waals surface area contributed by atoms with Crippen molar-refractivity contribution in [1.29, 1.82) is 5.26 Å². The van der Waals surface area contributed by atoms with Gasteiger partial charge in [0.1, 0.15) is 11.1 Å². The molecule has 0 fully saturated rings. The molecule has 10 heteroatoms. The number of carbonyl (C=O) groups excluding carboxylic acids is 1. The summed E-state index contributed by atoms with van der Waals surface area (Å²) in [6, 6.07) is 7.56. The average Bonchev–Trinajstić information content (AvgIpc) is 3.40. The second-order valence-corrected chi connectivity index (χ2v) is 9.48. The van der Waals surface area contributed by atoms with Crippen molar-refractivity contribution < 1.29 is 18.7 Å². The second-order valence-electron chi connectivity index (χ2n) is 7.45. The number of anilines is 1. The molecule has 2 aromatic heterocycles. The average molecular weight is 471 g/mol. The van der Waals surface area contributed by atoms with Gasteiger partial charge in [-0.2, -0.15) is 5.26 Å². The van der Waals surface area contributed by atoms with Gasteiger partial charge in [0.15, 0.2) is 11.5 Å². The van der Waals surface area contributed by atoms with Crippen molar-refractivity contribution in [1.82, 2.24) is 10.2 Å². The molecule has 8 nitrogen and oxygen atoms in total. The Labute approximate surface area is 193 Å². The van der Waals surface area contributed by atoms with Crippen LogP contribution in [-0.2, 0) is 17.6 Å². The van der Waals surface area contributed by atoms with Gasteiger partial charge in [-0.3, -0.25) is 4.79 Å². The van der Waals surface area contributed by atoms with Crippen molar-refractivity contribution in [3.05, 3.63) is 34.2 Å². The van der Waals surface area contributed by atoms with Crippen LogP contribution < -0.4 is 14.8 Å². The Hall–Kier alpha value is -3.03. The zero-order valence-corrected chi connectivity index (χ0v) is 19.6. The first-order valence-electron chi connectivity index (χ1n) is 10.1. The number of fused-ring (bicyclic) bond motifs is 1. The molecule has 2 heterocycles. The van der Waals surface area contributed by atoms with E-state index in [0.29, 0.717) is 39.4 Å². The van der Waals surface area contributed by atoms with Crippen LogP contribution in [0.25, 0.3) is 11.5 Å². The standard InChI is InChI=1S/C22H22N4O4S2/c1-12-4-6-14-15(10-23)21(32-18(14)8-12)24-19(27)11-31-22-26-25-20(30-22)13-5-7-16(28-2)17(9-13)29-3/h5,7,9,12H,4,6,8,11H2,1-3H3,(H,24,27). The van der Waals surface area contributed by atoms with Crippen molar-refractivity contribution >= 4 is 34.0 Å². The minimum atomic E-state index is -0.219. The molecule has 0 bridgehead atoms. The van der Waals surface area contributed by atoms with Gasteiger partial charge in [0.05, 0.1) is 25.5 Å². The van der Waals surface area contributed by atoms with Crippen LogP contribution in [-0.4, -0.2) is 36.1 Å². The molecule has 0 saturated heterocycles. The molecule has 1 aliphatic carbocycles. The van der Waals surface area contributed by atoms with Gasteiger partial charge in [-0.25, -0.2) is 0 Å². The highest BCUT2D eigenvalue weighted by Gasteiger charge is 2.25. The third-order valence-corrected chi connectivity index (χ3v) is 7.23. The van der Waals surface area contributed by atoms with E-state index in [0.717, 1.165) is 36.6 Å². The van der Waals surface area contributed by atoms with Crippen molar-refractivity contribution in [3.63, 3.8) is 0 Å². The first kappa shape index (κ1) is 22.2. The first-order chi connectivity index (χ1) is 15.5. The van der Waals surface area contributed by atoms with E-state index in [1.54, 1.807) is 32.4 Å². The monoisotopic (exact) mass is 470 g/mol. The van der Waals surface area contributed by atoms with E-state index in [-0.39, 0.29) is 16.9 Å². The summed E-state index contributed by atoms with van der Waals surface area (Å²) in [7, 11) is 3.12. The number of aromatic nitrogens is 2. The third-order valence-electron chi connectivity index (χ3n) is 5.24. The number of hydrogen-bond acceptors (Lipinski definition) is 9. The fraction of sp³-hybridized carbons (Fsp3) is 0.364. The number of carbonyl (C=O) groups is 1. The SMILES string of the molecule is COc1ccc(-c2nnc(SCC(=O)Nc3sc4c(c3C#N)CCC(C)C4)o2)cc1OC. The molecule has 1 atom stereocenters. The molecule has 0 radical (unpaired) electrons. The number of hydrogen-bond donors (Lipinski definition) is 1. The summed E-state index contributed by atoms with van der Waals surface area (Å²) in [6.07, 6.45) is 2.92. The van der Waals surface area contributed by atoms with Crippen LogP contribution in [0.2, 0.25) is 0 Å². The number of nitriles is 1. The maximum atomic E-state index is 12.5. The van der Waals surface area contributed by atoms with Gasteiger partial charge < -0.3 is 19.2 Å². The topological polar surface area (TPSA) is 110 Å². The van der Waals surface area contributed by atoms with Crippen LogP contribution >= 0.6 is 23.1 Å². The molecule has 1 aliphatic rings. The van der Waals surface area contributed by atoms with Gasteiger partial charge >= 0.3 is 0 Å². The summed E-state index contributed by atoms with van der Waals surface area (Å²) in [5.74, 6) is 1.95. The lowest BCUT2D eigenvalue weighted by Crippen LogP contribution is -2.14. The fourth-order valence-corrected chi connectivity index (χ4v) is 5.54. The van der Waals surface area contributed by atoms with Gasteiger partial charge in [0.25, 0.3) is 5.22 Å². The lowest BCUT2D eigenvalue weighted by Gasteiger charge is -2.17. The molecule has 166 valence electrons. The maximum Gasteiger partial charge on any atom is 0.277 e. The molecule has 1 N–H and O–H groups in total. The summed E-state index contributed by atoms with van der Waals surface area (Å²) < 4.78 is 16.2. The summed E-state index contributed by atoms with van der Waals surface area (Å²) in [6.45, 7) is 2.21. The Morgan fingerprint density at radius 1 is 1.34 bits per heavy atom. The van der Waals surface area contributed by atoms with Crippen molar-refractivity contribution in [2.45, 2.75) is 31.4 Å². The summed E-state index contributed by atoms with van der Waals surface area (Å²) >= 11 is 2.65. The third kappa shape index (κ3) is 4.59. The zero-order chi connectivity index (χ0) is 22.7.